The van der Waals surface area contributed by atoms with E-state index in [2.05, 4.69) is 0 Å². The second kappa shape index (κ2) is 10.6. The summed E-state index contributed by atoms with van der Waals surface area (Å²) in [7, 11) is 0. The van der Waals surface area contributed by atoms with Crippen LogP contribution < -0.4 is 4.74 Å². The van der Waals surface area contributed by atoms with E-state index in [1.165, 1.54) is 0 Å². The Bertz CT molecular complexity index is 419. The van der Waals surface area contributed by atoms with E-state index in [1.807, 2.05) is 36.9 Å². The predicted molar refractivity (Wildman–Crippen MR) is 87.2 cm³/mol. The first-order chi connectivity index (χ1) is 10.6. The Kier molecular flexibility index (Phi) is 9.08. The van der Waals surface area contributed by atoms with Crippen molar-refractivity contribution in [3.05, 3.63) is 29.3 Å². The molecule has 126 valence electrons. The van der Waals surface area contributed by atoms with E-state index < -0.39 is 6.10 Å². The van der Waals surface area contributed by atoms with Crippen LogP contribution in [0.15, 0.2) is 18.2 Å². The monoisotopic (exact) mass is 311 g/mol. The van der Waals surface area contributed by atoms with E-state index in [0.717, 1.165) is 23.3 Å². The van der Waals surface area contributed by atoms with Crippen molar-refractivity contribution in [1.29, 1.82) is 0 Å². The predicted octanol–water partition coefficient (Wildman–Crippen LogP) is 1.49. The average molecular weight is 311 g/mol. The number of rotatable bonds is 11. The number of hydrogen-bond donors (Lipinski definition) is 3. The number of aliphatic hydroxyl groups is 3. The van der Waals surface area contributed by atoms with Crippen LogP contribution in [-0.4, -0.2) is 59.7 Å². The van der Waals surface area contributed by atoms with Gasteiger partial charge in [-0.2, -0.15) is 0 Å². The second-order valence-corrected chi connectivity index (χ2v) is 5.48. The zero-order valence-corrected chi connectivity index (χ0v) is 13.7. The quantitative estimate of drug-likeness (QED) is 0.577. The van der Waals surface area contributed by atoms with Gasteiger partial charge in [-0.15, -0.1) is 0 Å². The minimum absolute atomic E-state index is 0.0470. The number of nitrogens with zero attached hydrogens (tertiary/aromatic N) is 1. The van der Waals surface area contributed by atoms with Gasteiger partial charge >= 0.3 is 0 Å². The maximum absolute atomic E-state index is 10.5. The Morgan fingerprint density at radius 3 is 2.41 bits per heavy atom. The van der Waals surface area contributed by atoms with Gasteiger partial charge in [0.25, 0.3) is 0 Å². The lowest BCUT2D eigenvalue weighted by molar-refractivity contribution is 0.116. The number of aliphatic hydroxyl groups excluding tert-OH is 3. The molecule has 1 aromatic carbocycles. The Hall–Kier alpha value is -1.14. The topological polar surface area (TPSA) is 73.2 Å². The molecule has 1 rings (SSSR count). The molecule has 1 atom stereocenters. The molecule has 0 amide bonds. The highest BCUT2D eigenvalue weighted by molar-refractivity contribution is 5.38. The highest BCUT2D eigenvalue weighted by Crippen LogP contribution is 2.28. The van der Waals surface area contributed by atoms with E-state index in [1.54, 1.807) is 0 Å². The molecular formula is C17H29NO4. The Balaban J connectivity index is 2.70. The first-order valence-electron chi connectivity index (χ1n) is 7.97. The van der Waals surface area contributed by atoms with Crippen LogP contribution in [0.3, 0.4) is 0 Å². The van der Waals surface area contributed by atoms with Gasteiger partial charge in [0.1, 0.15) is 5.75 Å². The van der Waals surface area contributed by atoms with Crippen molar-refractivity contribution in [2.75, 3.05) is 39.5 Å². The zero-order valence-electron chi connectivity index (χ0n) is 13.7. The SMILES string of the molecule is CCCOc1ccc(C)cc1C(O)CCN(CCO)CCO. The van der Waals surface area contributed by atoms with E-state index >= 15 is 0 Å². The molecular weight excluding hydrogens is 282 g/mol. The summed E-state index contributed by atoms with van der Waals surface area (Å²) in [6.45, 7) is 6.38. The van der Waals surface area contributed by atoms with Gasteiger partial charge in [0, 0.05) is 25.2 Å². The first-order valence-corrected chi connectivity index (χ1v) is 7.97. The van der Waals surface area contributed by atoms with Gasteiger partial charge in [-0.1, -0.05) is 18.6 Å². The fourth-order valence-electron chi connectivity index (χ4n) is 2.35. The van der Waals surface area contributed by atoms with Gasteiger partial charge in [-0.25, -0.2) is 0 Å². The van der Waals surface area contributed by atoms with Gasteiger partial charge in [0.05, 0.1) is 25.9 Å². The van der Waals surface area contributed by atoms with Crippen molar-refractivity contribution in [3.63, 3.8) is 0 Å². The third-order valence-corrected chi connectivity index (χ3v) is 3.54. The van der Waals surface area contributed by atoms with Crippen LogP contribution in [0.1, 0.15) is 37.0 Å². The standard InChI is InChI=1S/C17H29NO4/c1-3-12-22-17-5-4-14(2)13-15(17)16(21)6-7-18(8-10-19)9-11-20/h4-5,13,16,19-21H,3,6-12H2,1-2H3. The van der Waals surface area contributed by atoms with Crippen molar-refractivity contribution in [1.82, 2.24) is 4.90 Å². The second-order valence-electron chi connectivity index (χ2n) is 5.48. The van der Waals surface area contributed by atoms with Gasteiger partial charge in [0.2, 0.25) is 0 Å². The van der Waals surface area contributed by atoms with Crippen molar-refractivity contribution < 1.29 is 20.1 Å². The molecule has 0 saturated heterocycles. The molecule has 0 saturated carbocycles. The molecule has 0 aliphatic rings. The molecule has 0 heterocycles. The molecule has 5 heteroatoms. The molecule has 1 unspecified atom stereocenters. The molecule has 0 bridgehead atoms. The van der Waals surface area contributed by atoms with Gasteiger partial charge < -0.3 is 20.1 Å². The molecule has 0 radical (unpaired) electrons. The van der Waals surface area contributed by atoms with E-state index in [0.29, 0.717) is 32.7 Å². The number of benzene rings is 1. The number of ether oxygens (including phenoxy) is 1. The van der Waals surface area contributed by atoms with Gasteiger partial charge in [-0.05, 0) is 31.9 Å². The van der Waals surface area contributed by atoms with Crippen LogP contribution in [0.5, 0.6) is 5.75 Å². The third-order valence-electron chi connectivity index (χ3n) is 3.54. The lowest BCUT2D eigenvalue weighted by Gasteiger charge is -2.23. The largest absolute Gasteiger partial charge is 0.493 e. The Morgan fingerprint density at radius 2 is 1.82 bits per heavy atom. The summed E-state index contributed by atoms with van der Waals surface area (Å²) in [4.78, 5) is 1.94. The van der Waals surface area contributed by atoms with Crippen LogP contribution in [-0.2, 0) is 0 Å². The van der Waals surface area contributed by atoms with E-state index in [9.17, 15) is 5.11 Å². The normalized spacial score (nSPS) is 12.6. The zero-order chi connectivity index (χ0) is 16.4. The molecule has 22 heavy (non-hydrogen) atoms. The van der Waals surface area contributed by atoms with Crippen LogP contribution in [0.2, 0.25) is 0 Å². The van der Waals surface area contributed by atoms with Gasteiger partial charge in [0.15, 0.2) is 0 Å². The summed E-state index contributed by atoms with van der Waals surface area (Å²) >= 11 is 0. The molecule has 0 fully saturated rings. The summed E-state index contributed by atoms with van der Waals surface area (Å²) in [6, 6.07) is 5.84. The number of hydrogen-bond acceptors (Lipinski definition) is 5. The first kappa shape index (κ1) is 18.9. The molecule has 5 nitrogen and oxygen atoms in total. The Labute approximate surface area is 133 Å². The maximum atomic E-state index is 10.5. The summed E-state index contributed by atoms with van der Waals surface area (Å²) in [5, 5.41) is 28.5. The van der Waals surface area contributed by atoms with Crippen molar-refractivity contribution in [3.8, 4) is 5.75 Å². The minimum atomic E-state index is -0.619. The molecule has 0 aliphatic heterocycles. The van der Waals surface area contributed by atoms with Crippen LogP contribution >= 0.6 is 0 Å². The maximum Gasteiger partial charge on any atom is 0.125 e. The van der Waals surface area contributed by atoms with Crippen molar-refractivity contribution >= 4 is 0 Å². The fraction of sp³-hybridized carbons (Fsp3) is 0.647. The molecule has 0 aromatic heterocycles. The molecule has 0 aliphatic carbocycles. The summed E-state index contributed by atoms with van der Waals surface area (Å²) < 4.78 is 5.71. The molecule has 0 spiro atoms. The molecule has 3 N–H and O–H groups in total. The summed E-state index contributed by atoms with van der Waals surface area (Å²) in [5.74, 6) is 0.732. The lowest BCUT2D eigenvalue weighted by Crippen LogP contribution is -2.31. The fourth-order valence-corrected chi connectivity index (χ4v) is 2.35. The molecule has 1 aromatic rings. The lowest BCUT2D eigenvalue weighted by atomic mass is 10.0. The highest BCUT2D eigenvalue weighted by atomic mass is 16.5. The minimum Gasteiger partial charge on any atom is -0.493 e. The smallest absolute Gasteiger partial charge is 0.125 e. The number of aryl methyl sites for hydroxylation is 1. The Morgan fingerprint density at radius 1 is 1.14 bits per heavy atom. The summed E-state index contributed by atoms with van der Waals surface area (Å²) in [6.07, 6.45) is 0.836. The van der Waals surface area contributed by atoms with E-state index in [4.69, 9.17) is 14.9 Å². The average Bonchev–Trinajstić information content (AvgIpc) is 2.51. The van der Waals surface area contributed by atoms with Gasteiger partial charge in [-0.3, -0.25) is 4.90 Å². The van der Waals surface area contributed by atoms with Crippen LogP contribution in [0, 0.1) is 6.92 Å². The van der Waals surface area contributed by atoms with Crippen LogP contribution in [0.4, 0.5) is 0 Å². The van der Waals surface area contributed by atoms with E-state index in [-0.39, 0.29) is 13.2 Å². The summed E-state index contributed by atoms with van der Waals surface area (Å²) in [5.41, 5.74) is 1.89. The highest BCUT2D eigenvalue weighted by Gasteiger charge is 2.15. The van der Waals surface area contributed by atoms with Crippen LogP contribution in [0.25, 0.3) is 0 Å². The third kappa shape index (κ3) is 6.32. The van der Waals surface area contributed by atoms with Crippen molar-refractivity contribution in [2.45, 2.75) is 32.8 Å². The van der Waals surface area contributed by atoms with Crippen molar-refractivity contribution in [2.24, 2.45) is 0 Å².